The van der Waals surface area contributed by atoms with E-state index in [0.717, 1.165) is 5.56 Å². The van der Waals surface area contributed by atoms with Gasteiger partial charge in [0.2, 0.25) is 0 Å². The lowest BCUT2D eigenvalue weighted by atomic mass is 10.0. The number of methoxy groups -OCH3 is 1. The lowest BCUT2D eigenvalue weighted by molar-refractivity contribution is -0.143. The number of nitrogens with one attached hydrogen (secondary N) is 1. The van der Waals surface area contributed by atoms with Gasteiger partial charge in [-0.15, -0.1) is 0 Å². The first-order valence-electron chi connectivity index (χ1n) is 8.00. The molecule has 2 aromatic rings. The summed E-state index contributed by atoms with van der Waals surface area (Å²) in [6.45, 7) is 2.00. The van der Waals surface area contributed by atoms with E-state index >= 15 is 0 Å². The molecule has 7 heteroatoms. The lowest BCUT2D eigenvalue weighted by Gasteiger charge is -2.19. The molecule has 0 saturated heterocycles. The van der Waals surface area contributed by atoms with Crippen LogP contribution in [-0.4, -0.2) is 25.6 Å². The number of amides is 1. The first kappa shape index (κ1) is 20.1. The smallest absolute Gasteiger partial charge is 0.308 e. The van der Waals surface area contributed by atoms with Crippen LogP contribution >= 0.6 is 23.2 Å². The van der Waals surface area contributed by atoms with Gasteiger partial charge in [-0.05, 0) is 42.8 Å². The van der Waals surface area contributed by atoms with Crippen molar-refractivity contribution in [1.29, 1.82) is 0 Å². The SMILES string of the molecule is CCOC(=O)CC(NC(=O)c1ccc(Cl)cc1Cl)c1ccc(OC)cc1. The van der Waals surface area contributed by atoms with Crippen molar-refractivity contribution in [1.82, 2.24) is 5.32 Å². The van der Waals surface area contributed by atoms with Gasteiger partial charge in [-0.25, -0.2) is 0 Å². The quantitative estimate of drug-likeness (QED) is 0.704. The van der Waals surface area contributed by atoms with Crippen molar-refractivity contribution in [2.45, 2.75) is 19.4 Å². The molecule has 1 atom stereocenters. The highest BCUT2D eigenvalue weighted by Gasteiger charge is 2.21. The summed E-state index contributed by atoms with van der Waals surface area (Å²) >= 11 is 12.0. The van der Waals surface area contributed by atoms with Gasteiger partial charge in [-0.2, -0.15) is 0 Å². The van der Waals surface area contributed by atoms with Crippen molar-refractivity contribution >= 4 is 35.1 Å². The fourth-order valence-electron chi connectivity index (χ4n) is 2.38. The van der Waals surface area contributed by atoms with E-state index < -0.39 is 17.9 Å². The molecule has 0 aromatic heterocycles. The Labute approximate surface area is 162 Å². The fraction of sp³-hybridized carbons (Fsp3) is 0.263. The van der Waals surface area contributed by atoms with E-state index in [1.54, 1.807) is 44.4 Å². The Bertz CT molecular complexity index is 778. The third-order valence-electron chi connectivity index (χ3n) is 3.68. The van der Waals surface area contributed by atoms with Gasteiger partial charge < -0.3 is 14.8 Å². The van der Waals surface area contributed by atoms with Crippen molar-refractivity contribution in [3.8, 4) is 5.75 Å². The number of carbonyl (C=O) groups excluding carboxylic acids is 2. The predicted molar refractivity (Wildman–Crippen MR) is 101 cm³/mol. The first-order chi connectivity index (χ1) is 12.4. The van der Waals surface area contributed by atoms with Crippen molar-refractivity contribution in [3.63, 3.8) is 0 Å². The van der Waals surface area contributed by atoms with Gasteiger partial charge >= 0.3 is 5.97 Å². The van der Waals surface area contributed by atoms with Crippen LogP contribution in [0.25, 0.3) is 0 Å². The Hall–Kier alpha value is -2.24. The monoisotopic (exact) mass is 395 g/mol. The number of esters is 1. The van der Waals surface area contributed by atoms with Crippen LogP contribution in [0.4, 0.5) is 0 Å². The van der Waals surface area contributed by atoms with Gasteiger partial charge in [0, 0.05) is 5.02 Å². The van der Waals surface area contributed by atoms with Crippen LogP contribution in [0.15, 0.2) is 42.5 Å². The molecule has 0 bridgehead atoms. The molecule has 0 radical (unpaired) electrons. The molecule has 0 heterocycles. The molecule has 0 fully saturated rings. The highest BCUT2D eigenvalue weighted by Crippen LogP contribution is 2.24. The summed E-state index contributed by atoms with van der Waals surface area (Å²) in [7, 11) is 1.56. The Morgan fingerprint density at radius 3 is 2.38 bits per heavy atom. The Morgan fingerprint density at radius 1 is 1.12 bits per heavy atom. The van der Waals surface area contributed by atoms with Crippen molar-refractivity contribution < 1.29 is 19.1 Å². The summed E-state index contributed by atoms with van der Waals surface area (Å²) in [6.07, 6.45) is -0.00286. The second-order valence-corrected chi connectivity index (χ2v) is 6.28. The van der Waals surface area contributed by atoms with Crippen molar-refractivity contribution in [3.05, 3.63) is 63.6 Å². The van der Waals surface area contributed by atoms with E-state index in [2.05, 4.69) is 5.32 Å². The Morgan fingerprint density at radius 2 is 1.81 bits per heavy atom. The van der Waals surface area contributed by atoms with Gasteiger partial charge in [0.25, 0.3) is 5.91 Å². The van der Waals surface area contributed by atoms with E-state index in [-0.39, 0.29) is 23.6 Å². The van der Waals surface area contributed by atoms with E-state index in [1.165, 1.54) is 12.1 Å². The van der Waals surface area contributed by atoms with Crippen molar-refractivity contribution in [2.24, 2.45) is 0 Å². The number of hydrogen-bond donors (Lipinski definition) is 1. The maximum Gasteiger partial charge on any atom is 0.308 e. The van der Waals surface area contributed by atoms with E-state index in [9.17, 15) is 9.59 Å². The summed E-state index contributed by atoms with van der Waals surface area (Å²) in [6, 6.07) is 11.1. The van der Waals surface area contributed by atoms with Crippen molar-refractivity contribution in [2.75, 3.05) is 13.7 Å². The standard InChI is InChI=1S/C19H19Cl2NO4/c1-3-26-18(23)11-17(12-4-7-14(25-2)8-5-12)22-19(24)15-9-6-13(20)10-16(15)21/h4-10,17H,3,11H2,1-2H3,(H,22,24). The number of carbonyl (C=O) groups is 2. The summed E-state index contributed by atoms with van der Waals surface area (Å²) in [5.74, 6) is -0.136. The molecule has 138 valence electrons. The third-order valence-corrected chi connectivity index (χ3v) is 4.22. The molecule has 26 heavy (non-hydrogen) atoms. The first-order valence-corrected chi connectivity index (χ1v) is 8.75. The van der Waals surface area contributed by atoms with Crippen LogP contribution in [-0.2, 0) is 9.53 Å². The van der Waals surface area contributed by atoms with Gasteiger partial charge in [-0.3, -0.25) is 9.59 Å². The average molecular weight is 396 g/mol. The summed E-state index contributed by atoms with van der Waals surface area (Å²) in [5.41, 5.74) is 1.02. The highest BCUT2D eigenvalue weighted by molar-refractivity contribution is 6.36. The molecule has 0 aliphatic heterocycles. The molecule has 0 aliphatic carbocycles. The predicted octanol–water partition coefficient (Wildman–Crippen LogP) is 4.43. The van der Waals surface area contributed by atoms with E-state index in [1.807, 2.05) is 0 Å². The van der Waals surface area contributed by atoms with Gasteiger partial charge in [0.1, 0.15) is 5.75 Å². The molecule has 2 aromatic carbocycles. The fourth-order valence-corrected chi connectivity index (χ4v) is 2.88. The molecular formula is C19H19Cl2NO4. The molecule has 2 rings (SSSR count). The van der Waals surface area contributed by atoms with Gasteiger partial charge in [0.15, 0.2) is 0 Å². The van der Waals surface area contributed by atoms with Crippen LogP contribution in [0.1, 0.15) is 35.3 Å². The largest absolute Gasteiger partial charge is 0.497 e. The number of halogens is 2. The third kappa shape index (κ3) is 5.38. The van der Waals surface area contributed by atoms with Crippen LogP contribution < -0.4 is 10.1 Å². The minimum atomic E-state index is -0.570. The molecule has 1 amide bonds. The Kier molecular flexibility index (Phi) is 7.30. The summed E-state index contributed by atoms with van der Waals surface area (Å²) in [4.78, 5) is 24.5. The molecular weight excluding hydrogens is 377 g/mol. The van der Waals surface area contributed by atoms with Gasteiger partial charge in [0.05, 0.1) is 36.8 Å². The molecule has 1 unspecified atom stereocenters. The minimum absolute atomic E-state index is 0.00286. The number of benzene rings is 2. The number of rotatable bonds is 7. The molecule has 5 nitrogen and oxygen atoms in total. The van der Waals surface area contributed by atoms with Crippen LogP contribution in [0.3, 0.4) is 0 Å². The van der Waals surface area contributed by atoms with Crippen LogP contribution in [0.2, 0.25) is 10.0 Å². The minimum Gasteiger partial charge on any atom is -0.497 e. The topological polar surface area (TPSA) is 64.6 Å². The zero-order valence-electron chi connectivity index (χ0n) is 14.4. The second kappa shape index (κ2) is 9.46. The number of hydrogen-bond acceptors (Lipinski definition) is 4. The second-order valence-electron chi connectivity index (χ2n) is 5.43. The molecule has 0 spiro atoms. The zero-order valence-corrected chi connectivity index (χ0v) is 15.9. The summed E-state index contributed by atoms with van der Waals surface area (Å²) in [5, 5.41) is 3.50. The molecule has 0 saturated carbocycles. The van der Waals surface area contributed by atoms with E-state index in [0.29, 0.717) is 10.8 Å². The number of ether oxygens (including phenoxy) is 2. The molecule has 1 N–H and O–H groups in total. The van der Waals surface area contributed by atoms with Gasteiger partial charge in [-0.1, -0.05) is 35.3 Å². The van der Waals surface area contributed by atoms with Crippen LogP contribution in [0.5, 0.6) is 5.75 Å². The molecule has 0 aliphatic rings. The maximum absolute atomic E-state index is 12.6. The van der Waals surface area contributed by atoms with E-state index in [4.69, 9.17) is 32.7 Å². The Balaban J connectivity index is 2.24. The van der Waals surface area contributed by atoms with Crippen LogP contribution in [0, 0.1) is 0 Å². The highest BCUT2D eigenvalue weighted by atomic mass is 35.5. The summed E-state index contributed by atoms with van der Waals surface area (Å²) < 4.78 is 10.1. The maximum atomic E-state index is 12.6. The average Bonchev–Trinajstić information content (AvgIpc) is 2.61. The lowest BCUT2D eigenvalue weighted by Crippen LogP contribution is -2.30. The zero-order chi connectivity index (χ0) is 19.1. The normalized spacial score (nSPS) is 11.5.